The quantitative estimate of drug-likeness (QED) is 0.617. The summed E-state index contributed by atoms with van der Waals surface area (Å²) in [6, 6.07) is 12.0. The second-order valence-corrected chi connectivity index (χ2v) is 9.01. The van der Waals surface area contributed by atoms with Crippen LogP contribution in [0, 0.1) is 0 Å². The molecule has 0 bridgehead atoms. The summed E-state index contributed by atoms with van der Waals surface area (Å²) in [5, 5.41) is 13.0. The van der Waals surface area contributed by atoms with E-state index in [4.69, 9.17) is 11.6 Å². The molecule has 1 heterocycles. The first-order valence-electron chi connectivity index (χ1n) is 7.62. The van der Waals surface area contributed by atoms with Crippen molar-refractivity contribution in [3.8, 4) is 0 Å². The molecular formula is C16H21ClN2O3S2. The standard InChI is InChI=1S/C16H21ClN2O3S2/c1-2-13(18-10-12-6-4-3-5-7-12)14(11-20)19-24(21,22)16-9-8-15(17)23-16/h3-9,13-14,18-20H,2,10-11H2,1H3/t13?,14-/m1/s1. The van der Waals surface area contributed by atoms with Crippen molar-refractivity contribution in [3.05, 3.63) is 52.4 Å². The second-order valence-electron chi connectivity index (χ2n) is 5.35. The molecule has 0 aliphatic rings. The molecule has 5 nitrogen and oxygen atoms in total. The van der Waals surface area contributed by atoms with Crippen LogP contribution >= 0.6 is 22.9 Å². The summed E-state index contributed by atoms with van der Waals surface area (Å²) in [5.41, 5.74) is 1.10. The number of benzene rings is 1. The van der Waals surface area contributed by atoms with Gasteiger partial charge in [-0.15, -0.1) is 11.3 Å². The van der Waals surface area contributed by atoms with E-state index in [0.29, 0.717) is 17.3 Å². The van der Waals surface area contributed by atoms with Crippen molar-refractivity contribution in [2.75, 3.05) is 6.61 Å². The van der Waals surface area contributed by atoms with Crippen LogP contribution in [0.5, 0.6) is 0 Å². The zero-order chi connectivity index (χ0) is 17.6. The van der Waals surface area contributed by atoms with Crippen LogP contribution in [0.1, 0.15) is 18.9 Å². The molecule has 3 N–H and O–H groups in total. The molecule has 1 unspecified atom stereocenters. The molecule has 2 atom stereocenters. The van der Waals surface area contributed by atoms with Gasteiger partial charge in [-0.1, -0.05) is 48.9 Å². The van der Waals surface area contributed by atoms with E-state index < -0.39 is 16.1 Å². The van der Waals surface area contributed by atoms with Gasteiger partial charge in [-0.05, 0) is 24.1 Å². The summed E-state index contributed by atoms with van der Waals surface area (Å²) in [6.07, 6.45) is 0.672. The smallest absolute Gasteiger partial charge is 0.250 e. The second kappa shape index (κ2) is 8.94. The molecule has 1 aromatic heterocycles. The van der Waals surface area contributed by atoms with Crippen LogP contribution in [0.3, 0.4) is 0 Å². The summed E-state index contributed by atoms with van der Waals surface area (Å²) in [7, 11) is -3.70. The van der Waals surface area contributed by atoms with Crippen molar-refractivity contribution in [1.82, 2.24) is 10.0 Å². The van der Waals surface area contributed by atoms with Crippen LogP contribution in [-0.4, -0.2) is 32.2 Å². The van der Waals surface area contributed by atoms with Crippen molar-refractivity contribution in [2.45, 2.75) is 36.2 Å². The van der Waals surface area contributed by atoms with Gasteiger partial charge in [0.15, 0.2) is 0 Å². The molecule has 8 heteroatoms. The van der Waals surface area contributed by atoms with E-state index in [1.165, 1.54) is 6.07 Å². The van der Waals surface area contributed by atoms with Gasteiger partial charge in [-0.2, -0.15) is 0 Å². The molecule has 2 rings (SSSR count). The van der Waals surface area contributed by atoms with Crippen molar-refractivity contribution in [2.24, 2.45) is 0 Å². The fraction of sp³-hybridized carbons (Fsp3) is 0.375. The lowest BCUT2D eigenvalue weighted by Gasteiger charge is -2.26. The predicted molar refractivity (Wildman–Crippen MR) is 97.9 cm³/mol. The van der Waals surface area contributed by atoms with Crippen molar-refractivity contribution < 1.29 is 13.5 Å². The molecule has 2 aromatic rings. The molecular weight excluding hydrogens is 368 g/mol. The zero-order valence-electron chi connectivity index (χ0n) is 13.3. The van der Waals surface area contributed by atoms with Crippen molar-refractivity contribution in [1.29, 1.82) is 0 Å². The first-order valence-corrected chi connectivity index (χ1v) is 10.3. The van der Waals surface area contributed by atoms with Gasteiger partial charge >= 0.3 is 0 Å². The maximum atomic E-state index is 12.4. The van der Waals surface area contributed by atoms with Gasteiger partial charge < -0.3 is 10.4 Å². The van der Waals surface area contributed by atoms with Crippen LogP contribution in [0.15, 0.2) is 46.7 Å². The summed E-state index contributed by atoms with van der Waals surface area (Å²) in [6.45, 7) is 2.25. The van der Waals surface area contributed by atoms with E-state index in [1.807, 2.05) is 37.3 Å². The van der Waals surface area contributed by atoms with E-state index in [2.05, 4.69) is 10.0 Å². The Bertz CT molecular complexity index is 735. The van der Waals surface area contributed by atoms with E-state index in [1.54, 1.807) is 6.07 Å². The number of aliphatic hydroxyl groups excluding tert-OH is 1. The third kappa shape index (κ3) is 5.27. The lowest BCUT2D eigenvalue weighted by atomic mass is 10.1. The van der Waals surface area contributed by atoms with Crippen LogP contribution in [0.2, 0.25) is 4.34 Å². The Morgan fingerprint density at radius 3 is 2.42 bits per heavy atom. The molecule has 24 heavy (non-hydrogen) atoms. The van der Waals surface area contributed by atoms with E-state index >= 15 is 0 Å². The Balaban J connectivity index is 2.04. The number of aliphatic hydroxyl groups is 1. The number of sulfonamides is 1. The maximum Gasteiger partial charge on any atom is 0.250 e. The SMILES string of the molecule is CCC(NCc1ccccc1)[C@@H](CO)NS(=O)(=O)c1ccc(Cl)s1. The highest BCUT2D eigenvalue weighted by Gasteiger charge is 2.26. The van der Waals surface area contributed by atoms with Gasteiger partial charge in [0.05, 0.1) is 17.0 Å². The van der Waals surface area contributed by atoms with Crippen molar-refractivity contribution >= 4 is 33.0 Å². The molecule has 1 aromatic carbocycles. The summed E-state index contributed by atoms with van der Waals surface area (Å²) in [4.78, 5) is 0. The van der Waals surface area contributed by atoms with Crippen LogP contribution in [0.4, 0.5) is 0 Å². The number of hydrogen-bond donors (Lipinski definition) is 3. The van der Waals surface area contributed by atoms with Crippen molar-refractivity contribution in [3.63, 3.8) is 0 Å². The Morgan fingerprint density at radius 1 is 1.17 bits per heavy atom. The summed E-state index contributed by atoms with van der Waals surface area (Å²) >= 11 is 6.80. The first kappa shape index (κ1) is 19.4. The Hall–Kier alpha value is -0.960. The van der Waals surface area contributed by atoms with Gasteiger partial charge in [0, 0.05) is 12.6 Å². The molecule has 132 valence electrons. The third-order valence-electron chi connectivity index (χ3n) is 3.65. The Labute approximate surface area is 151 Å². The molecule has 0 aliphatic carbocycles. The molecule has 0 aliphatic heterocycles. The molecule has 0 saturated heterocycles. The van der Waals surface area contributed by atoms with Gasteiger partial charge in [0.2, 0.25) is 10.0 Å². The van der Waals surface area contributed by atoms with E-state index in [9.17, 15) is 13.5 Å². The third-order valence-corrected chi connectivity index (χ3v) is 6.87. The number of nitrogens with one attached hydrogen (secondary N) is 2. The van der Waals surface area contributed by atoms with Crippen LogP contribution in [-0.2, 0) is 16.6 Å². The first-order chi connectivity index (χ1) is 11.5. The minimum atomic E-state index is -3.70. The molecule has 0 amide bonds. The largest absolute Gasteiger partial charge is 0.395 e. The topological polar surface area (TPSA) is 78.4 Å². The normalized spacial score (nSPS) is 14.5. The highest BCUT2D eigenvalue weighted by atomic mass is 35.5. The average Bonchev–Trinajstić information content (AvgIpc) is 3.02. The van der Waals surface area contributed by atoms with Gasteiger partial charge in [-0.3, -0.25) is 0 Å². The fourth-order valence-corrected chi connectivity index (χ4v) is 5.13. The van der Waals surface area contributed by atoms with Gasteiger partial charge in [0.1, 0.15) is 4.21 Å². The van der Waals surface area contributed by atoms with Crippen LogP contribution in [0.25, 0.3) is 0 Å². The summed E-state index contributed by atoms with van der Waals surface area (Å²) in [5.74, 6) is 0. The van der Waals surface area contributed by atoms with Gasteiger partial charge in [-0.25, -0.2) is 13.1 Å². The van der Waals surface area contributed by atoms with Crippen LogP contribution < -0.4 is 10.0 Å². The Morgan fingerprint density at radius 2 is 1.88 bits per heavy atom. The lowest BCUT2D eigenvalue weighted by molar-refractivity contribution is 0.222. The Kier molecular flexibility index (Phi) is 7.21. The highest BCUT2D eigenvalue weighted by Crippen LogP contribution is 2.25. The average molecular weight is 389 g/mol. The molecule has 0 fully saturated rings. The minimum absolute atomic E-state index is 0.142. The summed E-state index contributed by atoms with van der Waals surface area (Å²) < 4.78 is 27.9. The fourth-order valence-electron chi connectivity index (χ4n) is 2.36. The minimum Gasteiger partial charge on any atom is -0.395 e. The number of halogens is 1. The van der Waals surface area contributed by atoms with Gasteiger partial charge in [0.25, 0.3) is 0 Å². The number of thiophene rings is 1. The highest BCUT2D eigenvalue weighted by molar-refractivity contribution is 7.91. The zero-order valence-corrected chi connectivity index (χ0v) is 15.7. The molecule has 0 saturated carbocycles. The lowest BCUT2D eigenvalue weighted by Crippen LogP contribution is -2.51. The van der Waals surface area contributed by atoms with E-state index in [0.717, 1.165) is 16.9 Å². The maximum absolute atomic E-state index is 12.4. The monoisotopic (exact) mass is 388 g/mol. The predicted octanol–water partition coefficient (Wildman–Crippen LogP) is 2.61. The molecule has 0 radical (unpaired) electrons. The number of hydrogen-bond acceptors (Lipinski definition) is 5. The number of rotatable bonds is 9. The molecule has 0 spiro atoms. The van der Waals surface area contributed by atoms with E-state index in [-0.39, 0.29) is 16.9 Å².